The first-order valence-corrected chi connectivity index (χ1v) is 7.07. The minimum atomic E-state index is -0.388. The molecule has 0 spiro atoms. The van der Waals surface area contributed by atoms with Crippen LogP contribution in [0.25, 0.3) is 17.4 Å². The average Bonchev–Trinajstić information content (AvgIpc) is 2.95. The Morgan fingerprint density at radius 2 is 2.00 bits per heavy atom. The largest absolute Gasteiger partial charge is 0.457 e. The number of benzene rings is 1. The van der Waals surface area contributed by atoms with Crippen molar-refractivity contribution in [1.29, 1.82) is 5.26 Å². The summed E-state index contributed by atoms with van der Waals surface area (Å²) < 4.78 is 5.63. The fraction of sp³-hybridized carbons (Fsp3) is 0.125. The summed E-state index contributed by atoms with van der Waals surface area (Å²) in [5.41, 5.74) is 0.634. The lowest BCUT2D eigenvalue weighted by molar-refractivity contribution is -0.124. The van der Waals surface area contributed by atoms with E-state index in [0.717, 1.165) is 0 Å². The van der Waals surface area contributed by atoms with Gasteiger partial charge in [0.05, 0.1) is 10.0 Å². The summed E-state index contributed by atoms with van der Waals surface area (Å²) in [4.78, 5) is 13.1. The number of nitriles is 1. The number of halogens is 2. The van der Waals surface area contributed by atoms with E-state index in [1.54, 1.807) is 44.4 Å². The van der Waals surface area contributed by atoms with Crippen LogP contribution in [-0.4, -0.2) is 24.9 Å². The minimum absolute atomic E-state index is 0.0110. The Morgan fingerprint density at radius 3 is 2.64 bits per heavy atom. The third-order valence-corrected chi connectivity index (χ3v) is 3.71. The van der Waals surface area contributed by atoms with Crippen LogP contribution < -0.4 is 0 Å². The summed E-state index contributed by atoms with van der Waals surface area (Å²) in [7, 11) is 3.15. The molecule has 2 rings (SSSR count). The molecule has 0 fully saturated rings. The highest BCUT2D eigenvalue weighted by atomic mass is 35.5. The van der Waals surface area contributed by atoms with Gasteiger partial charge in [0.1, 0.15) is 23.2 Å². The molecule has 1 aromatic heterocycles. The third-order valence-electron chi connectivity index (χ3n) is 2.89. The summed E-state index contributed by atoms with van der Waals surface area (Å²) in [6.45, 7) is 0. The highest BCUT2D eigenvalue weighted by Crippen LogP contribution is 2.34. The Balaban J connectivity index is 2.38. The molecule has 1 amide bonds. The van der Waals surface area contributed by atoms with Crippen molar-refractivity contribution in [3.05, 3.63) is 51.7 Å². The zero-order valence-electron chi connectivity index (χ0n) is 11.9. The van der Waals surface area contributed by atoms with Crippen LogP contribution in [0.15, 0.2) is 40.3 Å². The molecule has 1 heterocycles. The zero-order chi connectivity index (χ0) is 16.3. The molecule has 0 unspecified atom stereocenters. The molecule has 0 saturated heterocycles. The van der Waals surface area contributed by atoms with Crippen molar-refractivity contribution in [3.63, 3.8) is 0 Å². The lowest BCUT2D eigenvalue weighted by Crippen LogP contribution is -2.22. The fourth-order valence-corrected chi connectivity index (χ4v) is 2.19. The maximum Gasteiger partial charge on any atom is 0.264 e. The number of carbonyl (C=O) groups is 1. The number of likely N-dealkylation sites (N-methyl/N-ethyl adjacent to an activating group) is 1. The average molecular weight is 335 g/mol. The van der Waals surface area contributed by atoms with Gasteiger partial charge in [-0.15, -0.1) is 0 Å². The molecule has 4 nitrogen and oxygen atoms in total. The predicted octanol–water partition coefficient (Wildman–Crippen LogP) is 4.25. The summed E-state index contributed by atoms with van der Waals surface area (Å²) in [6, 6.07) is 10.4. The van der Waals surface area contributed by atoms with Crippen LogP contribution >= 0.6 is 23.2 Å². The maximum atomic E-state index is 11.8. The first-order chi connectivity index (χ1) is 10.4. The Bertz CT molecular complexity index is 786. The van der Waals surface area contributed by atoms with Crippen LogP contribution in [0.4, 0.5) is 0 Å². The highest BCUT2D eigenvalue weighted by molar-refractivity contribution is 6.43. The Morgan fingerprint density at radius 1 is 1.27 bits per heavy atom. The van der Waals surface area contributed by atoms with Crippen LogP contribution in [0.3, 0.4) is 0 Å². The molecule has 112 valence electrons. The van der Waals surface area contributed by atoms with Gasteiger partial charge in [-0.3, -0.25) is 4.79 Å². The van der Waals surface area contributed by atoms with Gasteiger partial charge in [0.15, 0.2) is 0 Å². The van der Waals surface area contributed by atoms with E-state index in [0.29, 0.717) is 27.1 Å². The summed E-state index contributed by atoms with van der Waals surface area (Å²) in [5.74, 6) is 0.507. The quantitative estimate of drug-likeness (QED) is 0.622. The Labute approximate surface area is 138 Å². The van der Waals surface area contributed by atoms with Crippen LogP contribution in [0.2, 0.25) is 10.0 Å². The molecule has 6 heteroatoms. The maximum absolute atomic E-state index is 11.8. The van der Waals surface area contributed by atoms with E-state index in [-0.39, 0.29) is 11.5 Å². The minimum Gasteiger partial charge on any atom is -0.457 e. The van der Waals surface area contributed by atoms with Gasteiger partial charge in [-0.25, -0.2) is 0 Å². The van der Waals surface area contributed by atoms with E-state index in [2.05, 4.69) is 0 Å². The molecule has 0 bridgehead atoms. The second kappa shape index (κ2) is 6.69. The van der Waals surface area contributed by atoms with Crippen LogP contribution in [-0.2, 0) is 4.79 Å². The lowest BCUT2D eigenvalue weighted by atomic mass is 10.2. The smallest absolute Gasteiger partial charge is 0.264 e. The van der Waals surface area contributed by atoms with E-state index >= 15 is 0 Å². The van der Waals surface area contributed by atoms with Gasteiger partial charge >= 0.3 is 0 Å². The molecule has 0 radical (unpaired) electrons. The summed E-state index contributed by atoms with van der Waals surface area (Å²) in [5, 5.41) is 9.88. The number of furan rings is 1. The number of hydrogen-bond donors (Lipinski definition) is 0. The van der Waals surface area contributed by atoms with Crippen molar-refractivity contribution in [2.75, 3.05) is 14.1 Å². The molecule has 2 aromatic rings. The van der Waals surface area contributed by atoms with E-state index in [9.17, 15) is 4.79 Å². The monoisotopic (exact) mass is 334 g/mol. The first-order valence-electron chi connectivity index (χ1n) is 6.31. The van der Waals surface area contributed by atoms with Crippen molar-refractivity contribution in [2.45, 2.75) is 0 Å². The lowest BCUT2D eigenvalue weighted by Gasteiger charge is -2.07. The number of amides is 1. The second-order valence-electron chi connectivity index (χ2n) is 4.67. The normalized spacial score (nSPS) is 11.1. The number of nitrogens with zero attached hydrogens (tertiary/aromatic N) is 2. The molecule has 22 heavy (non-hydrogen) atoms. The summed E-state index contributed by atoms with van der Waals surface area (Å²) in [6.07, 6.45) is 1.39. The van der Waals surface area contributed by atoms with E-state index < -0.39 is 0 Å². The van der Waals surface area contributed by atoms with Crippen molar-refractivity contribution < 1.29 is 9.21 Å². The van der Waals surface area contributed by atoms with E-state index in [4.69, 9.17) is 32.9 Å². The van der Waals surface area contributed by atoms with Crippen molar-refractivity contribution in [3.8, 4) is 17.4 Å². The highest BCUT2D eigenvalue weighted by Gasteiger charge is 2.14. The molecule has 0 aliphatic rings. The van der Waals surface area contributed by atoms with Gasteiger partial charge in [0.25, 0.3) is 5.91 Å². The molecule has 0 N–H and O–H groups in total. The van der Waals surface area contributed by atoms with Crippen molar-refractivity contribution >= 4 is 35.2 Å². The van der Waals surface area contributed by atoms with Crippen LogP contribution in [0.1, 0.15) is 5.76 Å². The third kappa shape index (κ3) is 3.33. The molecule has 0 saturated carbocycles. The number of hydrogen-bond acceptors (Lipinski definition) is 3. The van der Waals surface area contributed by atoms with Crippen LogP contribution in [0, 0.1) is 11.3 Å². The van der Waals surface area contributed by atoms with Gasteiger partial charge < -0.3 is 9.32 Å². The molecule has 0 aliphatic carbocycles. The van der Waals surface area contributed by atoms with Gasteiger partial charge in [0.2, 0.25) is 0 Å². The van der Waals surface area contributed by atoms with Gasteiger partial charge in [0, 0.05) is 25.7 Å². The predicted molar refractivity (Wildman–Crippen MR) is 86.4 cm³/mol. The van der Waals surface area contributed by atoms with E-state index in [1.165, 1.54) is 11.0 Å². The molecule has 1 aromatic carbocycles. The molecule has 0 aliphatic heterocycles. The Hall–Kier alpha value is -2.22. The van der Waals surface area contributed by atoms with E-state index in [1.807, 2.05) is 6.07 Å². The fourth-order valence-electron chi connectivity index (χ4n) is 1.79. The van der Waals surface area contributed by atoms with Gasteiger partial charge in [-0.05, 0) is 24.3 Å². The Kier molecular flexibility index (Phi) is 4.92. The summed E-state index contributed by atoms with van der Waals surface area (Å²) >= 11 is 12.1. The SMILES string of the molecule is CN(C)C(=O)C(C#N)=Cc1ccc(-c2cccc(Cl)c2Cl)o1. The first kappa shape index (κ1) is 16.2. The molecular weight excluding hydrogens is 323 g/mol. The molecular formula is C16H12Cl2N2O2. The van der Waals surface area contributed by atoms with Crippen molar-refractivity contribution in [2.24, 2.45) is 0 Å². The second-order valence-corrected chi connectivity index (χ2v) is 5.46. The standard InChI is InChI=1S/C16H12Cl2N2O2/c1-20(2)16(21)10(9-19)8-11-6-7-14(22-11)12-4-3-5-13(17)15(12)18/h3-8H,1-2H3. The van der Waals surface area contributed by atoms with Crippen LogP contribution in [0.5, 0.6) is 0 Å². The number of rotatable bonds is 3. The zero-order valence-corrected chi connectivity index (χ0v) is 13.4. The number of carbonyl (C=O) groups excluding carboxylic acids is 1. The van der Waals surface area contributed by atoms with Crippen molar-refractivity contribution in [1.82, 2.24) is 4.90 Å². The van der Waals surface area contributed by atoms with Gasteiger partial charge in [-0.1, -0.05) is 29.3 Å². The van der Waals surface area contributed by atoms with Gasteiger partial charge in [-0.2, -0.15) is 5.26 Å². The topological polar surface area (TPSA) is 57.2 Å². The molecule has 0 atom stereocenters.